The highest BCUT2D eigenvalue weighted by Crippen LogP contribution is 2.18. The first kappa shape index (κ1) is 12.3. The van der Waals surface area contributed by atoms with Gasteiger partial charge in [0.1, 0.15) is 0 Å². The molecule has 2 heterocycles. The normalized spacial score (nSPS) is 17.4. The van der Waals surface area contributed by atoms with Gasteiger partial charge in [0, 0.05) is 50.9 Å². The molecule has 1 saturated heterocycles. The first-order chi connectivity index (χ1) is 8.40. The number of methoxy groups -OCH3 is 1. The number of aromatic nitrogens is 1. The minimum atomic E-state index is 0.642. The number of nitrogens with zero attached hydrogens (tertiary/aromatic N) is 2. The minimum absolute atomic E-state index is 0.642. The van der Waals surface area contributed by atoms with Gasteiger partial charge in [-0.2, -0.15) is 0 Å². The Morgan fingerprint density at radius 3 is 2.71 bits per heavy atom. The zero-order valence-corrected chi connectivity index (χ0v) is 10.4. The van der Waals surface area contributed by atoms with Crippen LogP contribution in [-0.4, -0.2) is 44.4 Å². The van der Waals surface area contributed by atoms with Crippen molar-refractivity contribution in [2.24, 2.45) is 0 Å². The number of rotatable bonds is 5. The number of hydrogen-bond donors (Lipinski definition) is 1. The highest BCUT2D eigenvalue weighted by molar-refractivity contribution is 5.44. The van der Waals surface area contributed by atoms with Gasteiger partial charge in [0.15, 0.2) is 0 Å². The molecule has 0 radical (unpaired) electrons. The molecule has 0 bridgehead atoms. The summed E-state index contributed by atoms with van der Waals surface area (Å²) in [5.74, 6) is 0. The molecule has 0 aliphatic carbocycles. The fraction of sp³-hybridized carbons (Fsp3) is 0.615. The van der Waals surface area contributed by atoms with Crippen molar-refractivity contribution in [3.63, 3.8) is 0 Å². The van der Waals surface area contributed by atoms with Gasteiger partial charge in [-0.1, -0.05) is 0 Å². The van der Waals surface area contributed by atoms with Gasteiger partial charge in [0.25, 0.3) is 0 Å². The second-order valence-corrected chi connectivity index (χ2v) is 4.41. The molecule has 0 saturated carbocycles. The highest BCUT2D eigenvalue weighted by Gasteiger charge is 2.18. The maximum atomic E-state index is 5.04. The van der Waals surface area contributed by atoms with Crippen LogP contribution in [0, 0.1) is 0 Å². The third kappa shape index (κ3) is 3.68. The first-order valence-electron chi connectivity index (χ1n) is 6.27. The molecule has 1 N–H and O–H groups in total. The lowest BCUT2D eigenvalue weighted by Crippen LogP contribution is -2.43. The van der Waals surface area contributed by atoms with Crippen LogP contribution in [0.25, 0.3) is 0 Å². The van der Waals surface area contributed by atoms with Crippen molar-refractivity contribution in [3.8, 4) is 0 Å². The molecule has 0 aromatic carbocycles. The van der Waals surface area contributed by atoms with Gasteiger partial charge < -0.3 is 15.0 Å². The lowest BCUT2D eigenvalue weighted by Gasteiger charge is -2.34. The van der Waals surface area contributed by atoms with Crippen molar-refractivity contribution in [2.45, 2.75) is 18.9 Å². The third-order valence-corrected chi connectivity index (χ3v) is 3.26. The van der Waals surface area contributed by atoms with E-state index in [0.717, 1.165) is 26.2 Å². The van der Waals surface area contributed by atoms with E-state index in [-0.39, 0.29) is 0 Å². The molecule has 0 atom stereocenters. The average Bonchev–Trinajstić information content (AvgIpc) is 2.41. The Kier molecular flexibility index (Phi) is 4.76. The summed E-state index contributed by atoms with van der Waals surface area (Å²) in [7, 11) is 1.74. The molecule has 94 valence electrons. The number of ether oxygens (including phenoxy) is 1. The smallest absolute Gasteiger partial charge is 0.0587 e. The van der Waals surface area contributed by atoms with E-state index in [4.69, 9.17) is 4.74 Å². The molecule has 1 fully saturated rings. The number of piperidine rings is 1. The van der Waals surface area contributed by atoms with Gasteiger partial charge in [-0.25, -0.2) is 0 Å². The molecule has 17 heavy (non-hydrogen) atoms. The molecule has 1 aliphatic heterocycles. The van der Waals surface area contributed by atoms with E-state index in [1.807, 2.05) is 12.4 Å². The zero-order valence-electron chi connectivity index (χ0n) is 10.4. The number of anilines is 1. The summed E-state index contributed by atoms with van der Waals surface area (Å²) in [4.78, 5) is 6.48. The molecule has 2 rings (SSSR count). The van der Waals surface area contributed by atoms with Gasteiger partial charge in [0.2, 0.25) is 0 Å². The van der Waals surface area contributed by atoms with Crippen molar-refractivity contribution < 1.29 is 4.74 Å². The Bertz CT molecular complexity index is 310. The lowest BCUT2D eigenvalue weighted by molar-refractivity contribution is 0.193. The molecular weight excluding hydrogens is 214 g/mol. The van der Waals surface area contributed by atoms with Crippen LogP contribution in [0.1, 0.15) is 12.8 Å². The number of hydrogen-bond acceptors (Lipinski definition) is 4. The van der Waals surface area contributed by atoms with Crippen LogP contribution in [0.3, 0.4) is 0 Å². The molecule has 1 aromatic heterocycles. The Hall–Kier alpha value is -1.13. The summed E-state index contributed by atoms with van der Waals surface area (Å²) in [5.41, 5.74) is 1.29. The van der Waals surface area contributed by atoms with Gasteiger partial charge in [-0.3, -0.25) is 4.98 Å². The largest absolute Gasteiger partial charge is 0.383 e. The van der Waals surface area contributed by atoms with E-state index in [1.165, 1.54) is 18.5 Å². The van der Waals surface area contributed by atoms with Crippen molar-refractivity contribution in [3.05, 3.63) is 24.5 Å². The number of nitrogens with one attached hydrogen (secondary N) is 1. The van der Waals surface area contributed by atoms with Crippen LogP contribution in [0.5, 0.6) is 0 Å². The van der Waals surface area contributed by atoms with E-state index >= 15 is 0 Å². The second kappa shape index (κ2) is 6.57. The maximum Gasteiger partial charge on any atom is 0.0587 e. The van der Waals surface area contributed by atoms with E-state index in [1.54, 1.807) is 7.11 Å². The fourth-order valence-corrected chi connectivity index (χ4v) is 2.26. The summed E-state index contributed by atoms with van der Waals surface area (Å²) in [6.45, 7) is 3.99. The summed E-state index contributed by atoms with van der Waals surface area (Å²) < 4.78 is 5.04. The quantitative estimate of drug-likeness (QED) is 0.780. The van der Waals surface area contributed by atoms with Crippen LogP contribution in [-0.2, 0) is 4.74 Å². The molecular formula is C13H21N3O. The highest BCUT2D eigenvalue weighted by atomic mass is 16.5. The van der Waals surface area contributed by atoms with Gasteiger partial charge in [-0.05, 0) is 25.0 Å². The Balaban J connectivity index is 1.74. The number of pyridine rings is 1. The van der Waals surface area contributed by atoms with E-state index in [2.05, 4.69) is 27.3 Å². The minimum Gasteiger partial charge on any atom is -0.383 e. The Morgan fingerprint density at radius 1 is 1.35 bits per heavy atom. The van der Waals surface area contributed by atoms with Gasteiger partial charge in [-0.15, -0.1) is 0 Å². The SMILES string of the molecule is COCCNC1CCN(c2ccncc2)CC1. The Labute approximate surface area is 103 Å². The molecule has 1 aliphatic rings. The van der Waals surface area contributed by atoms with Crippen LogP contribution in [0.15, 0.2) is 24.5 Å². The van der Waals surface area contributed by atoms with Gasteiger partial charge >= 0.3 is 0 Å². The van der Waals surface area contributed by atoms with E-state index in [9.17, 15) is 0 Å². The predicted octanol–water partition coefficient (Wildman–Crippen LogP) is 1.29. The van der Waals surface area contributed by atoms with E-state index in [0.29, 0.717) is 6.04 Å². The Morgan fingerprint density at radius 2 is 2.06 bits per heavy atom. The standard InChI is InChI=1S/C13H21N3O/c1-17-11-8-15-12-4-9-16(10-5-12)13-2-6-14-7-3-13/h2-3,6-7,12,15H,4-5,8-11H2,1H3. The predicted molar refractivity (Wildman–Crippen MR) is 69.4 cm³/mol. The summed E-state index contributed by atoms with van der Waals surface area (Å²) in [5, 5.41) is 3.53. The summed E-state index contributed by atoms with van der Waals surface area (Å²) in [6.07, 6.45) is 6.12. The monoisotopic (exact) mass is 235 g/mol. The lowest BCUT2D eigenvalue weighted by atomic mass is 10.0. The van der Waals surface area contributed by atoms with Gasteiger partial charge in [0.05, 0.1) is 6.61 Å². The molecule has 0 spiro atoms. The molecule has 4 heteroatoms. The van der Waals surface area contributed by atoms with E-state index < -0.39 is 0 Å². The van der Waals surface area contributed by atoms with Crippen molar-refractivity contribution in [1.29, 1.82) is 0 Å². The average molecular weight is 235 g/mol. The summed E-state index contributed by atoms with van der Waals surface area (Å²) in [6, 6.07) is 4.81. The molecule has 4 nitrogen and oxygen atoms in total. The van der Waals surface area contributed by atoms with Crippen LogP contribution < -0.4 is 10.2 Å². The third-order valence-electron chi connectivity index (χ3n) is 3.26. The van der Waals surface area contributed by atoms with Crippen molar-refractivity contribution >= 4 is 5.69 Å². The second-order valence-electron chi connectivity index (χ2n) is 4.41. The topological polar surface area (TPSA) is 37.4 Å². The van der Waals surface area contributed by atoms with Crippen molar-refractivity contribution in [1.82, 2.24) is 10.3 Å². The van der Waals surface area contributed by atoms with Crippen LogP contribution >= 0.6 is 0 Å². The fourth-order valence-electron chi connectivity index (χ4n) is 2.26. The van der Waals surface area contributed by atoms with Crippen LogP contribution in [0.4, 0.5) is 5.69 Å². The summed E-state index contributed by atoms with van der Waals surface area (Å²) >= 11 is 0. The maximum absolute atomic E-state index is 5.04. The molecule has 0 unspecified atom stereocenters. The molecule has 1 aromatic rings. The van der Waals surface area contributed by atoms with Crippen LogP contribution in [0.2, 0.25) is 0 Å². The zero-order chi connectivity index (χ0) is 11.9. The van der Waals surface area contributed by atoms with Crippen molar-refractivity contribution in [2.75, 3.05) is 38.3 Å². The molecule has 0 amide bonds. The first-order valence-corrected chi connectivity index (χ1v) is 6.27.